The van der Waals surface area contributed by atoms with E-state index < -0.39 is 10.0 Å². The van der Waals surface area contributed by atoms with Crippen LogP contribution in [0.3, 0.4) is 0 Å². The topological polar surface area (TPSA) is 108 Å². The van der Waals surface area contributed by atoms with E-state index in [1.807, 2.05) is 0 Å². The first-order chi connectivity index (χ1) is 13.0. The number of sulfonamides is 1. The van der Waals surface area contributed by atoms with Gasteiger partial charge < -0.3 is 5.32 Å². The van der Waals surface area contributed by atoms with Gasteiger partial charge in [-0.2, -0.15) is 9.40 Å². The van der Waals surface area contributed by atoms with Crippen molar-refractivity contribution in [3.63, 3.8) is 0 Å². The molecule has 9 heteroatoms. The van der Waals surface area contributed by atoms with Crippen molar-refractivity contribution in [2.24, 2.45) is 0 Å². The zero-order valence-electron chi connectivity index (χ0n) is 14.5. The molecule has 0 saturated carbocycles. The number of carbonyl (C=O) groups is 1. The van der Waals surface area contributed by atoms with Crippen molar-refractivity contribution in [3.8, 4) is 0 Å². The second-order valence-electron chi connectivity index (χ2n) is 6.26. The minimum Gasteiger partial charge on any atom is -0.305 e. The molecule has 3 heterocycles. The first kappa shape index (κ1) is 17.4. The summed E-state index contributed by atoms with van der Waals surface area (Å²) in [5, 5.41) is 9.65. The molecular formula is C18H17N5O3S. The summed E-state index contributed by atoms with van der Waals surface area (Å²) >= 11 is 0. The number of carbonyl (C=O) groups excluding carboxylic acids is 1. The quantitative estimate of drug-likeness (QED) is 0.717. The van der Waals surface area contributed by atoms with Crippen LogP contribution in [0.15, 0.2) is 53.7 Å². The summed E-state index contributed by atoms with van der Waals surface area (Å²) in [4.78, 5) is 16.5. The van der Waals surface area contributed by atoms with Gasteiger partial charge in [-0.1, -0.05) is 18.2 Å². The normalized spacial score (nSPS) is 14.1. The lowest BCUT2D eigenvalue weighted by Crippen LogP contribution is -2.27. The monoisotopic (exact) mass is 383 g/mol. The number of hydrogen-bond acceptors (Lipinski definition) is 5. The van der Waals surface area contributed by atoms with Crippen molar-refractivity contribution in [3.05, 3.63) is 71.2 Å². The van der Waals surface area contributed by atoms with Gasteiger partial charge in [-0.25, -0.2) is 8.42 Å². The SMILES string of the molecule is Cc1ccccc1S(=O)(=O)N1Cc2[nH]nc(NC(=O)c3cccnc3)c2C1. The number of rotatable bonds is 4. The van der Waals surface area contributed by atoms with Crippen LogP contribution in [0.5, 0.6) is 0 Å². The van der Waals surface area contributed by atoms with Crippen LogP contribution < -0.4 is 5.32 Å². The molecule has 2 aromatic heterocycles. The Hall–Kier alpha value is -3.04. The smallest absolute Gasteiger partial charge is 0.258 e. The summed E-state index contributed by atoms with van der Waals surface area (Å²) in [6.45, 7) is 2.09. The standard InChI is InChI=1S/C18H17N5O3S/c1-12-5-2-3-7-16(12)27(25,26)23-10-14-15(11-23)21-22-17(14)20-18(24)13-6-4-8-19-9-13/h2-9H,10-11H2,1H3,(H2,20,21,22,24). The highest BCUT2D eigenvalue weighted by atomic mass is 32.2. The number of aryl methyl sites for hydroxylation is 1. The first-order valence-corrected chi connectivity index (χ1v) is 9.74. The lowest BCUT2D eigenvalue weighted by molar-refractivity contribution is 0.102. The lowest BCUT2D eigenvalue weighted by Gasteiger charge is -2.17. The van der Waals surface area contributed by atoms with Crippen LogP contribution in [0.25, 0.3) is 0 Å². The van der Waals surface area contributed by atoms with Crippen molar-refractivity contribution in [1.29, 1.82) is 0 Å². The van der Waals surface area contributed by atoms with Gasteiger partial charge in [0.05, 0.1) is 22.7 Å². The molecule has 0 atom stereocenters. The van der Waals surface area contributed by atoms with Crippen LogP contribution in [0.2, 0.25) is 0 Å². The van der Waals surface area contributed by atoms with Crippen molar-refractivity contribution in [2.75, 3.05) is 5.32 Å². The molecule has 1 aliphatic heterocycles. The molecule has 0 unspecified atom stereocenters. The van der Waals surface area contributed by atoms with Gasteiger partial charge >= 0.3 is 0 Å². The zero-order valence-corrected chi connectivity index (χ0v) is 15.3. The fourth-order valence-corrected chi connectivity index (χ4v) is 4.65. The zero-order chi connectivity index (χ0) is 19.0. The third-order valence-corrected chi connectivity index (χ3v) is 6.44. The van der Waals surface area contributed by atoms with Crippen LogP contribution in [0.4, 0.5) is 5.82 Å². The average Bonchev–Trinajstić information content (AvgIpc) is 3.25. The summed E-state index contributed by atoms with van der Waals surface area (Å²) in [6.07, 6.45) is 3.04. The Balaban J connectivity index is 1.57. The van der Waals surface area contributed by atoms with Gasteiger partial charge in [0.15, 0.2) is 5.82 Å². The van der Waals surface area contributed by atoms with Gasteiger partial charge in [-0.15, -0.1) is 0 Å². The fraction of sp³-hybridized carbons (Fsp3) is 0.167. The second-order valence-corrected chi connectivity index (χ2v) is 8.17. The number of aromatic nitrogens is 3. The molecule has 0 saturated heterocycles. The number of H-pyrrole nitrogens is 1. The van der Waals surface area contributed by atoms with Crippen molar-refractivity contribution >= 4 is 21.7 Å². The number of anilines is 1. The van der Waals surface area contributed by atoms with E-state index >= 15 is 0 Å². The van der Waals surface area contributed by atoms with Gasteiger partial charge in [-0.05, 0) is 30.7 Å². The van der Waals surface area contributed by atoms with Gasteiger partial charge in [0, 0.05) is 24.5 Å². The molecule has 3 aromatic rings. The van der Waals surface area contributed by atoms with Crippen molar-refractivity contribution in [2.45, 2.75) is 24.9 Å². The molecule has 27 heavy (non-hydrogen) atoms. The minimum absolute atomic E-state index is 0.144. The minimum atomic E-state index is -3.64. The molecule has 0 fully saturated rings. The molecule has 0 aliphatic carbocycles. The van der Waals surface area contributed by atoms with E-state index in [4.69, 9.17) is 0 Å². The molecule has 0 spiro atoms. The molecule has 138 valence electrons. The lowest BCUT2D eigenvalue weighted by atomic mass is 10.2. The molecular weight excluding hydrogens is 366 g/mol. The van der Waals surface area contributed by atoms with E-state index in [-0.39, 0.29) is 23.9 Å². The highest BCUT2D eigenvalue weighted by Crippen LogP contribution is 2.32. The van der Waals surface area contributed by atoms with Crippen LogP contribution in [0.1, 0.15) is 27.2 Å². The largest absolute Gasteiger partial charge is 0.305 e. The number of pyridine rings is 1. The Morgan fingerprint density at radius 2 is 2.00 bits per heavy atom. The van der Waals surface area contributed by atoms with Gasteiger partial charge in [0.25, 0.3) is 5.91 Å². The Morgan fingerprint density at radius 1 is 1.19 bits per heavy atom. The molecule has 0 bridgehead atoms. The average molecular weight is 383 g/mol. The summed E-state index contributed by atoms with van der Waals surface area (Å²) in [6, 6.07) is 10.2. The maximum absolute atomic E-state index is 13.0. The van der Waals surface area contributed by atoms with Gasteiger partial charge in [0.1, 0.15) is 0 Å². The predicted octanol–water partition coefficient (Wildman–Crippen LogP) is 2.07. The third kappa shape index (κ3) is 3.11. The summed E-state index contributed by atoms with van der Waals surface area (Å²) < 4.78 is 27.3. The maximum Gasteiger partial charge on any atom is 0.258 e. The van der Waals surface area contributed by atoms with E-state index in [1.165, 1.54) is 10.5 Å². The molecule has 1 aliphatic rings. The maximum atomic E-state index is 13.0. The molecule has 1 aromatic carbocycles. The molecule has 4 rings (SSSR count). The highest BCUT2D eigenvalue weighted by molar-refractivity contribution is 7.89. The van der Waals surface area contributed by atoms with E-state index in [0.717, 1.165) is 0 Å². The number of hydrogen-bond donors (Lipinski definition) is 2. The number of fused-ring (bicyclic) bond motifs is 1. The van der Waals surface area contributed by atoms with E-state index in [1.54, 1.807) is 49.5 Å². The third-order valence-electron chi connectivity index (χ3n) is 4.49. The van der Waals surface area contributed by atoms with Crippen LogP contribution in [0, 0.1) is 6.92 Å². The number of nitrogens with one attached hydrogen (secondary N) is 2. The Morgan fingerprint density at radius 3 is 2.74 bits per heavy atom. The number of benzene rings is 1. The van der Waals surface area contributed by atoms with E-state index in [2.05, 4.69) is 20.5 Å². The molecule has 0 radical (unpaired) electrons. The summed E-state index contributed by atoms with van der Waals surface area (Å²) in [5.41, 5.74) is 2.44. The Bertz CT molecular complexity index is 1110. The van der Waals surface area contributed by atoms with Gasteiger partial charge in [0.2, 0.25) is 10.0 Å². The summed E-state index contributed by atoms with van der Waals surface area (Å²) in [5.74, 6) is -0.0149. The fourth-order valence-electron chi connectivity index (χ4n) is 3.05. The second kappa shape index (κ2) is 6.60. The Labute approximate surface area is 156 Å². The van der Waals surface area contributed by atoms with E-state index in [9.17, 15) is 13.2 Å². The van der Waals surface area contributed by atoms with Crippen LogP contribution in [-0.4, -0.2) is 33.8 Å². The molecule has 8 nitrogen and oxygen atoms in total. The van der Waals surface area contributed by atoms with Crippen LogP contribution >= 0.6 is 0 Å². The number of amides is 1. The molecule has 2 N–H and O–H groups in total. The molecule has 1 amide bonds. The summed E-state index contributed by atoms with van der Waals surface area (Å²) in [7, 11) is -3.64. The first-order valence-electron chi connectivity index (χ1n) is 8.30. The van der Waals surface area contributed by atoms with Crippen molar-refractivity contribution < 1.29 is 13.2 Å². The number of nitrogens with zero attached hydrogens (tertiary/aromatic N) is 3. The van der Waals surface area contributed by atoms with Crippen LogP contribution in [-0.2, 0) is 23.1 Å². The van der Waals surface area contributed by atoms with Gasteiger partial charge in [-0.3, -0.25) is 14.9 Å². The Kier molecular flexibility index (Phi) is 4.25. The van der Waals surface area contributed by atoms with Crippen molar-refractivity contribution in [1.82, 2.24) is 19.5 Å². The van der Waals surface area contributed by atoms with E-state index in [0.29, 0.717) is 28.2 Å². The number of aromatic amines is 1. The highest BCUT2D eigenvalue weighted by Gasteiger charge is 2.34. The predicted molar refractivity (Wildman–Crippen MR) is 98.4 cm³/mol.